The summed E-state index contributed by atoms with van der Waals surface area (Å²) in [6.45, 7) is 0. The van der Waals surface area contributed by atoms with Gasteiger partial charge < -0.3 is 4.89 Å². The maximum Gasteiger partial charge on any atom is 0.215 e. The molecule has 0 saturated carbocycles. The minimum atomic E-state index is -2.82. The van der Waals surface area contributed by atoms with Crippen molar-refractivity contribution >= 4 is 39.2 Å². The molecule has 0 bridgehead atoms. The van der Waals surface area contributed by atoms with Crippen LogP contribution < -0.4 is 0 Å². The van der Waals surface area contributed by atoms with Crippen LogP contribution in [-0.2, 0) is 4.57 Å². The Balaban J connectivity index is 2.74. The van der Waals surface area contributed by atoms with Crippen LogP contribution in [-0.4, -0.2) is 20.5 Å². The molecule has 3 atom stereocenters. The zero-order valence-corrected chi connectivity index (χ0v) is 8.69. The van der Waals surface area contributed by atoms with Crippen molar-refractivity contribution in [2.24, 2.45) is 0 Å². The van der Waals surface area contributed by atoms with Crippen molar-refractivity contribution in [1.82, 2.24) is 0 Å². The molecule has 54 valence electrons. The molecule has 0 amide bonds. The summed E-state index contributed by atoms with van der Waals surface area (Å²) >= 11 is 6.47. The summed E-state index contributed by atoms with van der Waals surface area (Å²) in [4.78, 5) is 9.29. The van der Waals surface area contributed by atoms with Gasteiger partial charge in [-0.2, -0.15) is 0 Å². The van der Waals surface area contributed by atoms with Gasteiger partial charge in [0.15, 0.2) is 0 Å². The molecule has 0 aromatic carbocycles. The first-order chi connectivity index (χ1) is 4.04. The summed E-state index contributed by atoms with van der Waals surface area (Å²) in [6, 6.07) is 0. The molecule has 9 heavy (non-hydrogen) atoms. The molecule has 1 saturated heterocycles. The molecule has 0 aromatic rings. The lowest BCUT2D eigenvalue weighted by atomic mass is 10.4. The van der Waals surface area contributed by atoms with Crippen molar-refractivity contribution in [3.63, 3.8) is 0 Å². The van der Waals surface area contributed by atoms with E-state index in [1.54, 1.807) is 0 Å². The van der Waals surface area contributed by atoms with E-state index in [1.165, 1.54) is 0 Å². The third-order valence-corrected chi connectivity index (χ3v) is 8.10. The van der Waals surface area contributed by atoms with Crippen molar-refractivity contribution in [3.8, 4) is 0 Å². The van der Waals surface area contributed by atoms with Gasteiger partial charge in [0.05, 0.1) is 0 Å². The number of alkyl halides is 2. The van der Waals surface area contributed by atoms with Gasteiger partial charge in [0.2, 0.25) is 7.37 Å². The second kappa shape index (κ2) is 2.65. The minimum Gasteiger partial charge on any atom is -0.343 e. The van der Waals surface area contributed by atoms with Gasteiger partial charge in [0.1, 0.15) is 4.57 Å². The average Bonchev–Trinajstić information content (AvgIpc) is 1.97. The van der Waals surface area contributed by atoms with Crippen molar-refractivity contribution < 1.29 is 9.46 Å². The van der Waals surface area contributed by atoms with E-state index >= 15 is 0 Å². The number of rotatable bonds is 0. The van der Waals surface area contributed by atoms with E-state index in [2.05, 4.69) is 31.9 Å². The summed E-state index contributed by atoms with van der Waals surface area (Å²) < 4.78 is 10.8. The molecule has 0 aromatic heterocycles. The maximum atomic E-state index is 11.0. The van der Waals surface area contributed by atoms with Crippen LogP contribution in [0.25, 0.3) is 0 Å². The Morgan fingerprint density at radius 1 is 1.56 bits per heavy atom. The first-order valence-electron chi connectivity index (χ1n) is 2.64. The molecule has 1 unspecified atom stereocenters. The number of hydrogen-bond acceptors (Lipinski definition) is 1. The lowest BCUT2D eigenvalue weighted by Gasteiger charge is -2.08. The van der Waals surface area contributed by atoms with Gasteiger partial charge in [0, 0.05) is 11.0 Å². The molecular formula is C4H7Br2O2P. The molecule has 1 aliphatic rings. The Labute approximate surface area is 70.7 Å². The van der Waals surface area contributed by atoms with Gasteiger partial charge in [-0.3, -0.25) is 4.57 Å². The lowest BCUT2D eigenvalue weighted by molar-refractivity contribution is 0.483. The Kier molecular flexibility index (Phi) is 2.43. The smallest absolute Gasteiger partial charge is 0.215 e. The van der Waals surface area contributed by atoms with Crippen LogP contribution in [0.5, 0.6) is 0 Å². The van der Waals surface area contributed by atoms with E-state index in [0.29, 0.717) is 6.16 Å². The zero-order valence-electron chi connectivity index (χ0n) is 4.63. The van der Waals surface area contributed by atoms with E-state index in [4.69, 9.17) is 4.89 Å². The van der Waals surface area contributed by atoms with Gasteiger partial charge in [-0.05, 0) is 6.42 Å². The predicted molar refractivity (Wildman–Crippen MR) is 44.7 cm³/mol. The highest BCUT2D eigenvalue weighted by Gasteiger charge is 2.40. The quantitative estimate of drug-likeness (QED) is 0.544. The van der Waals surface area contributed by atoms with Gasteiger partial charge in [-0.1, -0.05) is 31.9 Å². The molecule has 1 rings (SSSR count). The molecule has 1 heterocycles. The highest BCUT2D eigenvalue weighted by molar-refractivity contribution is 9.13. The molecule has 1 fully saturated rings. The predicted octanol–water partition coefficient (Wildman–Crippen LogP) is 2.15. The second-order valence-corrected chi connectivity index (χ2v) is 7.54. The SMILES string of the molecule is O=P1(O)CC[C@@H](Br)[C@@H]1Br. The third-order valence-electron chi connectivity index (χ3n) is 1.41. The Morgan fingerprint density at radius 2 is 2.11 bits per heavy atom. The summed E-state index contributed by atoms with van der Waals surface area (Å²) in [6.07, 6.45) is 1.24. The number of hydrogen-bond donors (Lipinski definition) is 1. The molecule has 5 heteroatoms. The van der Waals surface area contributed by atoms with Gasteiger partial charge in [-0.15, -0.1) is 0 Å². The largest absolute Gasteiger partial charge is 0.343 e. The lowest BCUT2D eigenvalue weighted by Crippen LogP contribution is -2.03. The molecule has 1 aliphatic heterocycles. The summed E-state index contributed by atoms with van der Waals surface area (Å²) in [5.41, 5.74) is 0. The van der Waals surface area contributed by atoms with Gasteiger partial charge >= 0.3 is 0 Å². The fraction of sp³-hybridized carbons (Fsp3) is 1.00. The molecular weight excluding hydrogens is 271 g/mol. The van der Waals surface area contributed by atoms with E-state index in [9.17, 15) is 4.57 Å². The zero-order chi connectivity index (χ0) is 7.07. The Hall–Kier alpha value is 1.15. The van der Waals surface area contributed by atoms with Crippen LogP contribution in [0.1, 0.15) is 6.42 Å². The molecule has 1 N–H and O–H groups in total. The molecule has 0 spiro atoms. The van der Waals surface area contributed by atoms with Crippen molar-refractivity contribution in [1.29, 1.82) is 0 Å². The Bertz CT molecular complexity index is 161. The monoisotopic (exact) mass is 276 g/mol. The van der Waals surface area contributed by atoms with Crippen LogP contribution in [0.3, 0.4) is 0 Å². The second-order valence-electron chi connectivity index (χ2n) is 2.16. The summed E-state index contributed by atoms with van der Waals surface area (Å²) in [7, 11) is -2.82. The first-order valence-corrected chi connectivity index (χ1v) is 6.38. The summed E-state index contributed by atoms with van der Waals surface area (Å²) in [5, 5.41) is 0. The van der Waals surface area contributed by atoms with E-state index < -0.39 is 7.37 Å². The van der Waals surface area contributed by atoms with Crippen molar-refractivity contribution in [2.45, 2.75) is 15.8 Å². The van der Waals surface area contributed by atoms with Crippen LogP contribution >= 0.6 is 39.2 Å². The maximum absolute atomic E-state index is 11.0. The molecule has 2 nitrogen and oxygen atoms in total. The highest BCUT2D eigenvalue weighted by Crippen LogP contribution is 2.58. The average molecular weight is 278 g/mol. The standard InChI is InChI=1S/C4H7Br2O2P/c5-3-1-2-9(7,8)4(3)6/h3-4H,1-2H2,(H,7,8)/t3-,4-/m1/s1. The third kappa shape index (κ3) is 1.59. The van der Waals surface area contributed by atoms with Crippen molar-refractivity contribution in [2.75, 3.05) is 6.16 Å². The van der Waals surface area contributed by atoms with Crippen LogP contribution in [0.15, 0.2) is 0 Å². The topological polar surface area (TPSA) is 37.3 Å². The fourth-order valence-corrected chi connectivity index (χ4v) is 4.94. The van der Waals surface area contributed by atoms with E-state index in [-0.39, 0.29) is 9.40 Å². The van der Waals surface area contributed by atoms with Gasteiger partial charge in [0.25, 0.3) is 0 Å². The van der Waals surface area contributed by atoms with Crippen LogP contribution in [0.2, 0.25) is 0 Å². The van der Waals surface area contributed by atoms with E-state index in [0.717, 1.165) is 6.42 Å². The van der Waals surface area contributed by atoms with Gasteiger partial charge in [-0.25, -0.2) is 0 Å². The molecule has 0 aliphatic carbocycles. The Morgan fingerprint density at radius 3 is 2.22 bits per heavy atom. The van der Waals surface area contributed by atoms with Crippen LogP contribution in [0, 0.1) is 0 Å². The van der Waals surface area contributed by atoms with E-state index in [1.807, 2.05) is 0 Å². The normalized spacial score (nSPS) is 51.9. The fourth-order valence-electron chi connectivity index (χ4n) is 0.822. The van der Waals surface area contributed by atoms with Crippen LogP contribution in [0.4, 0.5) is 0 Å². The summed E-state index contributed by atoms with van der Waals surface area (Å²) in [5.74, 6) is 0. The minimum absolute atomic E-state index is 0.174. The molecule has 0 radical (unpaired) electrons. The highest BCUT2D eigenvalue weighted by atomic mass is 79.9. The van der Waals surface area contributed by atoms with Crippen molar-refractivity contribution in [3.05, 3.63) is 0 Å². The first kappa shape index (κ1) is 8.25. The number of halogens is 2.